The fraction of sp³-hybridized carbons (Fsp3) is 0.273. The van der Waals surface area contributed by atoms with E-state index in [9.17, 15) is 4.79 Å². The average Bonchev–Trinajstić information content (AvgIpc) is 2.60. The Kier molecular flexibility index (Phi) is 5.15. The Morgan fingerprint density at radius 1 is 1.07 bits per heavy atom. The lowest BCUT2D eigenvalue weighted by molar-refractivity contribution is 0.0946. The first-order chi connectivity index (χ1) is 12.7. The number of carbonyl (C=O) groups is 1. The topological polar surface area (TPSA) is 80.0 Å². The summed E-state index contributed by atoms with van der Waals surface area (Å²) in [6.07, 6.45) is 0. The molecule has 0 radical (unpaired) electrons. The van der Waals surface area contributed by atoms with Crippen molar-refractivity contribution in [3.05, 3.63) is 65.4 Å². The number of nitrogens with two attached hydrogens (primary N) is 1. The van der Waals surface area contributed by atoms with Crippen LogP contribution in [0.15, 0.2) is 48.5 Å². The number of rotatable bonds is 5. The summed E-state index contributed by atoms with van der Waals surface area (Å²) in [5.74, 6) is -0.132. The van der Waals surface area contributed by atoms with E-state index in [1.807, 2.05) is 76.2 Å². The molecular formula is C22H26N4O. The molecule has 3 rings (SSSR count). The van der Waals surface area contributed by atoms with Gasteiger partial charge in [0, 0.05) is 40.1 Å². The van der Waals surface area contributed by atoms with Gasteiger partial charge in [-0.25, -0.2) is 0 Å². The fourth-order valence-electron chi connectivity index (χ4n) is 2.86. The third kappa shape index (κ3) is 4.63. The van der Waals surface area contributed by atoms with E-state index in [1.165, 1.54) is 0 Å². The number of carbonyl (C=O) groups excluding carboxylic acids is 1. The van der Waals surface area contributed by atoms with E-state index in [1.54, 1.807) is 0 Å². The van der Waals surface area contributed by atoms with Crippen LogP contribution in [0.5, 0.6) is 0 Å². The second-order valence-corrected chi connectivity index (χ2v) is 7.65. The molecule has 0 saturated heterocycles. The van der Waals surface area contributed by atoms with E-state index >= 15 is 0 Å². The van der Waals surface area contributed by atoms with Crippen LogP contribution >= 0.6 is 0 Å². The first kappa shape index (κ1) is 18.9. The van der Waals surface area contributed by atoms with Crippen molar-refractivity contribution in [3.8, 4) is 0 Å². The standard InChI is InChI=1S/C22H26N4O/c1-14-9-10-16(21(27)24-13-22(3,4)23)12-19(14)26-20-11-15(2)25-18-8-6-5-7-17(18)20/h5-12H,13,23H2,1-4H3,(H,24,27)(H,25,26). The van der Waals surface area contributed by atoms with Crippen LogP contribution in [0.3, 0.4) is 0 Å². The lowest BCUT2D eigenvalue weighted by atomic mass is 10.1. The maximum atomic E-state index is 12.5. The normalized spacial score (nSPS) is 11.4. The van der Waals surface area contributed by atoms with Crippen LogP contribution in [0, 0.1) is 13.8 Å². The van der Waals surface area contributed by atoms with Gasteiger partial charge in [-0.05, 0) is 57.5 Å². The van der Waals surface area contributed by atoms with Crippen molar-refractivity contribution < 1.29 is 4.79 Å². The van der Waals surface area contributed by atoms with E-state index in [-0.39, 0.29) is 5.91 Å². The van der Waals surface area contributed by atoms with Gasteiger partial charge in [0.1, 0.15) is 0 Å². The molecule has 5 nitrogen and oxygen atoms in total. The van der Waals surface area contributed by atoms with Crippen LogP contribution in [-0.4, -0.2) is 23.0 Å². The zero-order valence-corrected chi connectivity index (χ0v) is 16.3. The number of pyridine rings is 1. The molecule has 27 heavy (non-hydrogen) atoms. The summed E-state index contributed by atoms with van der Waals surface area (Å²) < 4.78 is 0. The Balaban J connectivity index is 1.91. The molecule has 1 amide bonds. The number of fused-ring (bicyclic) bond motifs is 1. The maximum absolute atomic E-state index is 12.5. The second-order valence-electron chi connectivity index (χ2n) is 7.65. The molecule has 1 heterocycles. The van der Waals surface area contributed by atoms with Crippen LogP contribution in [0.4, 0.5) is 11.4 Å². The molecule has 0 unspecified atom stereocenters. The van der Waals surface area contributed by atoms with Crippen LogP contribution in [0.2, 0.25) is 0 Å². The number of anilines is 2. The fourth-order valence-corrected chi connectivity index (χ4v) is 2.86. The number of aromatic nitrogens is 1. The van der Waals surface area contributed by atoms with Gasteiger partial charge in [0.25, 0.3) is 5.91 Å². The predicted octanol–water partition coefficient (Wildman–Crippen LogP) is 4.06. The first-order valence-corrected chi connectivity index (χ1v) is 9.04. The molecule has 0 spiro atoms. The molecule has 0 saturated carbocycles. The van der Waals surface area contributed by atoms with Crippen LogP contribution in [-0.2, 0) is 0 Å². The number of amides is 1. The average molecular weight is 362 g/mol. The summed E-state index contributed by atoms with van der Waals surface area (Å²) in [7, 11) is 0. The van der Waals surface area contributed by atoms with Crippen molar-refractivity contribution >= 4 is 28.2 Å². The lowest BCUT2D eigenvalue weighted by Crippen LogP contribution is -2.45. The molecule has 0 atom stereocenters. The zero-order chi connectivity index (χ0) is 19.6. The number of para-hydroxylation sites is 1. The van der Waals surface area contributed by atoms with Crippen molar-refractivity contribution in [3.63, 3.8) is 0 Å². The SMILES string of the molecule is Cc1cc(Nc2cc(C(=O)NCC(C)(C)N)ccc2C)c2ccccc2n1. The quantitative estimate of drug-likeness (QED) is 0.639. The third-order valence-corrected chi connectivity index (χ3v) is 4.32. The Morgan fingerprint density at radius 2 is 1.81 bits per heavy atom. The van der Waals surface area contributed by atoms with Crippen molar-refractivity contribution in [2.75, 3.05) is 11.9 Å². The van der Waals surface area contributed by atoms with Crippen molar-refractivity contribution in [2.45, 2.75) is 33.2 Å². The van der Waals surface area contributed by atoms with E-state index in [0.717, 1.165) is 33.5 Å². The monoisotopic (exact) mass is 362 g/mol. The second kappa shape index (κ2) is 7.37. The summed E-state index contributed by atoms with van der Waals surface area (Å²) >= 11 is 0. The van der Waals surface area contributed by atoms with E-state index in [0.29, 0.717) is 12.1 Å². The zero-order valence-electron chi connectivity index (χ0n) is 16.3. The van der Waals surface area contributed by atoms with E-state index in [4.69, 9.17) is 5.73 Å². The predicted molar refractivity (Wildman–Crippen MR) is 112 cm³/mol. The van der Waals surface area contributed by atoms with Gasteiger partial charge in [-0.15, -0.1) is 0 Å². The first-order valence-electron chi connectivity index (χ1n) is 9.04. The molecule has 4 N–H and O–H groups in total. The third-order valence-electron chi connectivity index (χ3n) is 4.32. The van der Waals surface area contributed by atoms with Crippen LogP contribution in [0.25, 0.3) is 10.9 Å². The molecule has 3 aromatic rings. The molecule has 0 fully saturated rings. The minimum Gasteiger partial charge on any atom is -0.355 e. The summed E-state index contributed by atoms with van der Waals surface area (Å²) in [5, 5.41) is 7.41. The summed E-state index contributed by atoms with van der Waals surface area (Å²) in [6, 6.07) is 15.7. The van der Waals surface area contributed by atoms with Crippen molar-refractivity contribution in [1.29, 1.82) is 0 Å². The Hall–Kier alpha value is -2.92. The number of benzene rings is 2. The highest BCUT2D eigenvalue weighted by Gasteiger charge is 2.14. The van der Waals surface area contributed by atoms with Gasteiger partial charge in [0.05, 0.1) is 5.52 Å². The molecule has 140 valence electrons. The smallest absolute Gasteiger partial charge is 0.251 e. The highest BCUT2D eigenvalue weighted by Crippen LogP contribution is 2.28. The molecule has 0 aliphatic heterocycles. The van der Waals surface area contributed by atoms with Gasteiger partial charge in [-0.1, -0.05) is 24.3 Å². The molecule has 5 heteroatoms. The number of nitrogens with one attached hydrogen (secondary N) is 2. The van der Waals surface area contributed by atoms with Crippen LogP contribution in [0.1, 0.15) is 35.5 Å². The molecule has 0 aliphatic rings. The summed E-state index contributed by atoms with van der Waals surface area (Å²) in [6.45, 7) is 8.17. The highest BCUT2D eigenvalue weighted by atomic mass is 16.1. The minimum atomic E-state index is -0.449. The molecule has 1 aromatic heterocycles. The van der Waals surface area contributed by atoms with E-state index in [2.05, 4.69) is 15.6 Å². The van der Waals surface area contributed by atoms with E-state index < -0.39 is 5.54 Å². The maximum Gasteiger partial charge on any atom is 0.251 e. The summed E-state index contributed by atoms with van der Waals surface area (Å²) in [5.41, 5.74) is 10.9. The molecule has 0 aliphatic carbocycles. The molecule has 2 aromatic carbocycles. The number of hydrogen-bond acceptors (Lipinski definition) is 4. The van der Waals surface area contributed by atoms with Gasteiger partial charge < -0.3 is 16.4 Å². The van der Waals surface area contributed by atoms with Gasteiger partial charge >= 0.3 is 0 Å². The van der Waals surface area contributed by atoms with Gasteiger partial charge in [0.15, 0.2) is 0 Å². The Labute approximate surface area is 160 Å². The van der Waals surface area contributed by atoms with Gasteiger partial charge in [-0.3, -0.25) is 9.78 Å². The van der Waals surface area contributed by atoms with Crippen molar-refractivity contribution in [2.24, 2.45) is 5.73 Å². The van der Waals surface area contributed by atoms with Crippen molar-refractivity contribution in [1.82, 2.24) is 10.3 Å². The van der Waals surface area contributed by atoms with Gasteiger partial charge in [-0.2, -0.15) is 0 Å². The molecule has 0 bridgehead atoms. The largest absolute Gasteiger partial charge is 0.355 e. The summed E-state index contributed by atoms with van der Waals surface area (Å²) in [4.78, 5) is 17.0. The molecular weight excluding hydrogens is 336 g/mol. The Bertz CT molecular complexity index is 989. The van der Waals surface area contributed by atoms with Gasteiger partial charge in [0.2, 0.25) is 0 Å². The number of nitrogens with zero attached hydrogens (tertiary/aromatic N) is 1. The minimum absolute atomic E-state index is 0.132. The number of hydrogen-bond donors (Lipinski definition) is 3. The number of aryl methyl sites for hydroxylation is 2. The Morgan fingerprint density at radius 3 is 2.56 bits per heavy atom. The van der Waals surface area contributed by atoms with Crippen LogP contribution < -0.4 is 16.4 Å². The lowest BCUT2D eigenvalue weighted by Gasteiger charge is -2.19. The highest BCUT2D eigenvalue weighted by molar-refractivity contribution is 5.97.